The molecule has 3 aromatic rings. The van der Waals surface area contributed by atoms with Gasteiger partial charge in [-0.15, -0.1) is 0 Å². The molecule has 1 aliphatic rings. The SMILES string of the molecule is COc1cc(C(=O)OCC(=O)Nc2c3c(nc4ccccc24)CCCC3)cc(OC)c1OC. The Bertz CT molecular complexity index is 1180. The summed E-state index contributed by atoms with van der Waals surface area (Å²) in [7, 11) is 4.39. The number of hydrogen-bond donors (Lipinski definition) is 1. The molecule has 0 fully saturated rings. The van der Waals surface area contributed by atoms with Crippen molar-refractivity contribution in [3.05, 3.63) is 53.2 Å². The molecule has 0 unspecified atom stereocenters. The van der Waals surface area contributed by atoms with E-state index in [1.807, 2.05) is 24.3 Å². The highest BCUT2D eigenvalue weighted by Crippen LogP contribution is 2.38. The summed E-state index contributed by atoms with van der Waals surface area (Å²) in [6.45, 7) is -0.430. The molecule has 1 aliphatic carbocycles. The van der Waals surface area contributed by atoms with E-state index < -0.39 is 18.5 Å². The zero-order valence-corrected chi connectivity index (χ0v) is 18.9. The molecule has 0 aliphatic heterocycles. The lowest BCUT2D eigenvalue weighted by Gasteiger charge is -2.21. The summed E-state index contributed by atoms with van der Waals surface area (Å²) in [5.41, 5.74) is 3.85. The molecule has 1 heterocycles. The molecule has 1 N–H and O–H groups in total. The molecule has 8 nitrogen and oxygen atoms in total. The van der Waals surface area contributed by atoms with Crippen molar-refractivity contribution in [2.24, 2.45) is 0 Å². The number of aryl methyl sites for hydroxylation is 1. The number of aromatic nitrogens is 1. The van der Waals surface area contributed by atoms with Crippen LogP contribution in [0, 0.1) is 0 Å². The Kier molecular flexibility index (Phi) is 6.63. The first-order valence-corrected chi connectivity index (χ1v) is 10.7. The zero-order valence-electron chi connectivity index (χ0n) is 18.9. The van der Waals surface area contributed by atoms with Crippen LogP contribution in [-0.2, 0) is 22.4 Å². The van der Waals surface area contributed by atoms with Gasteiger partial charge in [0.05, 0.1) is 38.1 Å². The Morgan fingerprint density at radius 3 is 2.36 bits per heavy atom. The number of methoxy groups -OCH3 is 3. The molecule has 172 valence electrons. The molecule has 2 aromatic carbocycles. The van der Waals surface area contributed by atoms with E-state index in [0.29, 0.717) is 17.2 Å². The summed E-state index contributed by atoms with van der Waals surface area (Å²) in [5, 5.41) is 3.83. The number of para-hydroxylation sites is 1. The molecule has 0 bridgehead atoms. The highest BCUT2D eigenvalue weighted by molar-refractivity contribution is 6.03. The van der Waals surface area contributed by atoms with E-state index in [2.05, 4.69) is 5.32 Å². The van der Waals surface area contributed by atoms with Gasteiger partial charge in [-0.2, -0.15) is 0 Å². The third-order valence-corrected chi connectivity index (χ3v) is 5.67. The Morgan fingerprint density at radius 2 is 1.67 bits per heavy atom. The summed E-state index contributed by atoms with van der Waals surface area (Å²) < 4.78 is 21.1. The van der Waals surface area contributed by atoms with E-state index in [1.54, 1.807) is 0 Å². The number of hydrogen-bond acceptors (Lipinski definition) is 7. The van der Waals surface area contributed by atoms with Crippen molar-refractivity contribution < 1.29 is 28.5 Å². The summed E-state index contributed by atoms with van der Waals surface area (Å²) in [6.07, 6.45) is 3.87. The molecule has 33 heavy (non-hydrogen) atoms. The molecule has 0 saturated carbocycles. The smallest absolute Gasteiger partial charge is 0.338 e. The molecule has 1 aromatic heterocycles. The monoisotopic (exact) mass is 450 g/mol. The fraction of sp³-hybridized carbons (Fsp3) is 0.320. The number of anilines is 1. The van der Waals surface area contributed by atoms with Crippen LogP contribution in [0.25, 0.3) is 10.9 Å². The third kappa shape index (κ3) is 4.55. The van der Waals surface area contributed by atoms with Gasteiger partial charge >= 0.3 is 5.97 Å². The predicted molar refractivity (Wildman–Crippen MR) is 123 cm³/mol. The van der Waals surface area contributed by atoms with E-state index in [-0.39, 0.29) is 5.56 Å². The van der Waals surface area contributed by atoms with Gasteiger partial charge < -0.3 is 24.3 Å². The van der Waals surface area contributed by atoms with Crippen LogP contribution >= 0.6 is 0 Å². The Hall–Kier alpha value is -3.81. The van der Waals surface area contributed by atoms with Crippen molar-refractivity contribution >= 4 is 28.5 Å². The fourth-order valence-corrected chi connectivity index (χ4v) is 4.10. The quantitative estimate of drug-likeness (QED) is 0.545. The molecule has 8 heteroatoms. The highest BCUT2D eigenvalue weighted by atomic mass is 16.5. The second kappa shape index (κ2) is 9.77. The third-order valence-electron chi connectivity index (χ3n) is 5.67. The van der Waals surface area contributed by atoms with E-state index in [9.17, 15) is 9.59 Å². The van der Waals surface area contributed by atoms with Crippen LogP contribution in [0.3, 0.4) is 0 Å². The van der Waals surface area contributed by atoms with Gasteiger partial charge in [-0.1, -0.05) is 18.2 Å². The van der Waals surface area contributed by atoms with Crippen molar-refractivity contribution in [1.29, 1.82) is 0 Å². The molecule has 1 amide bonds. The molecule has 0 atom stereocenters. The molecule has 0 radical (unpaired) electrons. The normalized spacial score (nSPS) is 12.6. The van der Waals surface area contributed by atoms with E-state index in [4.69, 9.17) is 23.9 Å². The summed E-state index contributed by atoms with van der Waals surface area (Å²) in [4.78, 5) is 30.1. The summed E-state index contributed by atoms with van der Waals surface area (Å²) >= 11 is 0. The number of carbonyl (C=O) groups excluding carboxylic acids is 2. The van der Waals surface area contributed by atoms with Crippen LogP contribution in [-0.4, -0.2) is 44.8 Å². The zero-order chi connectivity index (χ0) is 23.4. The van der Waals surface area contributed by atoms with E-state index in [1.165, 1.54) is 33.5 Å². The Morgan fingerprint density at radius 1 is 0.970 bits per heavy atom. The van der Waals surface area contributed by atoms with Crippen LogP contribution < -0.4 is 19.5 Å². The summed E-state index contributed by atoms with van der Waals surface area (Å²) in [5.74, 6) is -0.0826. The second-order valence-electron chi connectivity index (χ2n) is 7.67. The van der Waals surface area contributed by atoms with Crippen LogP contribution in [0.1, 0.15) is 34.5 Å². The number of carbonyl (C=O) groups is 2. The number of nitrogens with one attached hydrogen (secondary N) is 1. The standard InChI is InChI=1S/C25H26N2O6/c1-30-20-12-15(13-21(31-2)24(20)32-3)25(29)33-14-22(28)27-23-16-8-4-6-10-18(16)26-19-11-7-5-9-17(19)23/h4,6,8,10,12-13H,5,7,9,11,14H2,1-3H3,(H,26,27,28). The van der Waals surface area contributed by atoms with Gasteiger partial charge in [-0.05, 0) is 49.4 Å². The topological polar surface area (TPSA) is 96.0 Å². The van der Waals surface area contributed by atoms with Crippen LogP contribution in [0.4, 0.5) is 5.69 Å². The molecule has 4 rings (SSSR count). The number of ether oxygens (including phenoxy) is 4. The Balaban J connectivity index is 1.52. The van der Waals surface area contributed by atoms with Crippen LogP contribution in [0.5, 0.6) is 17.2 Å². The van der Waals surface area contributed by atoms with E-state index in [0.717, 1.165) is 53.5 Å². The van der Waals surface area contributed by atoms with Crippen molar-refractivity contribution in [3.63, 3.8) is 0 Å². The number of rotatable bonds is 7. The number of pyridine rings is 1. The van der Waals surface area contributed by atoms with Crippen molar-refractivity contribution in [2.75, 3.05) is 33.3 Å². The lowest BCUT2D eigenvalue weighted by Crippen LogP contribution is -2.23. The van der Waals surface area contributed by atoms with Crippen molar-refractivity contribution in [3.8, 4) is 17.2 Å². The number of esters is 1. The highest BCUT2D eigenvalue weighted by Gasteiger charge is 2.21. The molecular formula is C25H26N2O6. The summed E-state index contributed by atoms with van der Waals surface area (Å²) in [6, 6.07) is 10.7. The average molecular weight is 450 g/mol. The van der Waals surface area contributed by atoms with Gasteiger partial charge in [0.1, 0.15) is 0 Å². The van der Waals surface area contributed by atoms with Gasteiger partial charge in [0, 0.05) is 11.1 Å². The van der Waals surface area contributed by atoms with E-state index >= 15 is 0 Å². The Labute approximate surface area is 191 Å². The number of amides is 1. The second-order valence-corrected chi connectivity index (χ2v) is 7.67. The maximum Gasteiger partial charge on any atom is 0.338 e. The minimum Gasteiger partial charge on any atom is -0.493 e. The van der Waals surface area contributed by atoms with Gasteiger partial charge in [0.2, 0.25) is 5.75 Å². The van der Waals surface area contributed by atoms with Crippen molar-refractivity contribution in [1.82, 2.24) is 4.98 Å². The maximum atomic E-state index is 12.7. The van der Waals surface area contributed by atoms with Crippen LogP contribution in [0.15, 0.2) is 36.4 Å². The van der Waals surface area contributed by atoms with Gasteiger partial charge in [-0.3, -0.25) is 9.78 Å². The lowest BCUT2D eigenvalue weighted by molar-refractivity contribution is -0.119. The fourth-order valence-electron chi connectivity index (χ4n) is 4.10. The largest absolute Gasteiger partial charge is 0.493 e. The molecule has 0 spiro atoms. The number of benzene rings is 2. The minimum atomic E-state index is -0.675. The first-order valence-electron chi connectivity index (χ1n) is 10.7. The minimum absolute atomic E-state index is 0.184. The van der Waals surface area contributed by atoms with Crippen molar-refractivity contribution in [2.45, 2.75) is 25.7 Å². The first kappa shape index (κ1) is 22.4. The van der Waals surface area contributed by atoms with Gasteiger partial charge in [0.25, 0.3) is 5.91 Å². The molecular weight excluding hydrogens is 424 g/mol. The van der Waals surface area contributed by atoms with Gasteiger partial charge in [-0.25, -0.2) is 4.79 Å². The van der Waals surface area contributed by atoms with Gasteiger partial charge in [0.15, 0.2) is 18.1 Å². The maximum absolute atomic E-state index is 12.7. The number of nitrogens with zero attached hydrogens (tertiary/aromatic N) is 1. The lowest BCUT2D eigenvalue weighted by atomic mass is 9.92. The number of fused-ring (bicyclic) bond motifs is 2. The van der Waals surface area contributed by atoms with Crippen LogP contribution in [0.2, 0.25) is 0 Å². The first-order chi connectivity index (χ1) is 16.0. The predicted octanol–water partition coefficient (Wildman–Crippen LogP) is 3.93. The average Bonchev–Trinajstić information content (AvgIpc) is 2.86. The molecule has 0 saturated heterocycles.